The first-order valence-electron chi connectivity index (χ1n) is 11.2. The predicted octanol–water partition coefficient (Wildman–Crippen LogP) is 5.98. The quantitative estimate of drug-likeness (QED) is 0.443. The topological polar surface area (TPSA) is 67.9 Å². The van der Waals surface area contributed by atoms with Gasteiger partial charge in [-0.1, -0.05) is 36.4 Å². The lowest BCUT2D eigenvalue weighted by Gasteiger charge is -2.17. The number of para-hydroxylation sites is 1. The van der Waals surface area contributed by atoms with E-state index < -0.39 is 11.7 Å². The van der Waals surface area contributed by atoms with Gasteiger partial charge in [0.1, 0.15) is 18.1 Å². The van der Waals surface area contributed by atoms with Crippen molar-refractivity contribution in [2.45, 2.75) is 18.6 Å². The Morgan fingerprint density at radius 2 is 1.83 bits per heavy atom. The van der Waals surface area contributed by atoms with Gasteiger partial charge >= 0.3 is 12.3 Å². The third kappa shape index (κ3) is 4.64. The minimum absolute atomic E-state index is 0.100. The second-order valence-corrected chi connectivity index (χ2v) is 8.60. The summed E-state index contributed by atoms with van der Waals surface area (Å²) in [6.45, 7) is 0.290. The number of alkyl halides is 3. The Morgan fingerprint density at radius 1 is 1.08 bits per heavy atom. The van der Waals surface area contributed by atoms with Crippen molar-refractivity contribution in [2.24, 2.45) is 0 Å². The number of nitrogens with zero attached hydrogens (tertiary/aromatic N) is 1. The molecule has 1 N–H and O–H groups in total. The zero-order valence-electron chi connectivity index (χ0n) is 19.1. The molecule has 2 aliphatic heterocycles. The lowest BCUT2D eigenvalue weighted by molar-refractivity contribution is -0.138. The minimum atomic E-state index is -4.67. The van der Waals surface area contributed by atoms with E-state index >= 15 is 0 Å². The molecule has 1 saturated heterocycles. The lowest BCUT2D eigenvalue weighted by Crippen LogP contribution is -2.30. The standard InChI is InChI=1S/C27H21F3N2O4/c1-32-18(15-35-26(32)34)12-16-6-9-19(10-7-16)36-24-11-8-17(14-22(24)27(28,29)30)13-21-20-4-2-3-5-23(20)31-25(21)33/h2-11,13-14,18H,12,15H2,1H3,(H,31,33). The van der Waals surface area contributed by atoms with Crippen LogP contribution in [0, 0.1) is 0 Å². The minimum Gasteiger partial charge on any atom is -0.457 e. The molecular formula is C27H21F3N2O4. The van der Waals surface area contributed by atoms with E-state index in [1.807, 2.05) is 0 Å². The molecule has 2 aliphatic rings. The smallest absolute Gasteiger partial charge is 0.420 e. The van der Waals surface area contributed by atoms with Gasteiger partial charge < -0.3 is 19.7 Å². The molecule has 0 aliphatic carbocycles. The van der Waals surface area contributed by atoms with Crippen LogP contribution in [0.15, 0.2) is 66.7 Å². The van der Waals surface area contributed by atoms with Crippen LogP contribution in [0.5, 0.6) is 11.5 Å². The molecule has 1 fully saturated rings. The van der Waals surface area contributed by atoms with Gasteiger partial charge in [-0.25, -0.2) is 4.79 Å². The van der Waals surface area contributed by atoms with Crippen LogP contribution in [-0.2, 0) is 22.1 Å². The van der Waals surface area contributed by atoms with Crippen molar-refractivity contribution in [1.82, 2.24) is 4.90 Å². The Balaban J connectivity index is 1.38. The number of cyclic esters (lactones) is 1. The second-order valence-electron chi connectivity index (χ2n) is 8.60. The molecule has 184 valence electrons. The van der Waals surface area contributed by atoms with E-state index in [-0.39, 0.29) is 41.7 Å². The van der Waals surface area contributed by atoms with Crippen LogP contribution < -0.4 is 10.1 Å². The van der Waals surface area contributed by atoms with Gasteiger partial charge in [0.25, 0.3) is 5.91 Å². The first-order valence-corrected chi connectivity index (χ1v) is 11.2. The summed E-state index contributed by atoms with van der Waals surface area (Å²) in [5.74, 6) is -0.473. The van der Waals surface area contributed by atoms with E-state index in [0.29, 0.717) is 23.2 Å². The van der Waals surface area contributed by atoms with Crippen LogP contribution in [0.3, 0.4) is 0 Å². The predicted molar refractivity (Wildman–Crippen MR) is 128 cm³/mol. The monoisotopic (exact) mass is 494 g/mol. The summed E-state index contributed by atoms with van der Waals surface area (Å²) in [7, 11) is 1.66. The van der Waals surface area contributed by atoms with Gasteiger partial charge in [0.15, 0.2) is 0 Å². The molecule has 0 bridgehead atoms. The number of likely N-dealkylation sites (N-methyl/N-ethyl adjacent to an activating group) is 1. The number of carbonyl (C=O) groups is 2. The Bertz CT molecular complexity index is 1370. The number of anilines is 1. The number of nitrogens with one attached hydrogen (secondary N) is 1. The molecule has 1 atom stereocenters. The zero-order valence-corrected chi connectivity index (χ0v) is 19.1. The second kappa shape index (κ2) is 9.07. The molecule has 3 aromatic rings. The highest BCUT2D eigenvalue weighted by Crippen LogP contribution is 2.40. The van der Waals surface area contributed by atoms with Gasteiger partial charge in [0.2, 0.25) is 0 Å². The van der Waals surface area contributed by atoms with Crippen LogP contribution in [0.1, 0.15) is 22.3 Å². The van der Waals surface area contributed by atoms with Crippen LogP contribution in [0.2, 0.25) is 0 Å². The Kier molecular flexibility index (Phi) is 5.91. The van der Waals surface area contributed by atoms with Gasteiger partial charge in [0.05, 0.1) is 11.6 Å². The summed E-state index contributed by atoms with van der Waals surface area (Å²) in [4.78, 5) is 25.4. The molecule has 1 unspecified atom stereocenters. The SMILES string of the molecule is CN1C(=O)OCC1Cc1ccc(Oc2ccc(C=C3C(=O)Nc4ccccc43)cc2C(F)(F)F)cc1. The molecule has 2 heterocycles. The van der Waals surface area contributed by atoms with Gasteiger partial charge in [-0.3, -0.25) is 4.79 Å². The van der Waals surface area contributed by atoms with Crippen molar-refractivity contribution in [3.8, 4) is 11.5 Å². The average Bonchev–Trinajstić information content (AvgIpc) is 3.33. The molecule has 0 spiro atoms. The van der Waals surface area contributed by atoms with Crippen molar-refractivity contribution in [3.63, 3.8) is 0 Å². The van der Waals surface area contributed by atoms with Gasteiger partial charge in [0, 0.05) is 23.9 Å². The molecule has 36 heavy (non-hydrogen) atoms. The first-order chi connectivity index (χ1) is 17.2. The van der Waals surface area contributed by atoms with Crippen molar-refractivity contribution in [1.29, 1.82) is 0 Å². The van der Waals surface area contributed by atoms with Crippen molar-refractivity contribution in [2.75, 3.05) is 19.0 Å². The van der Waals surface area contributed by atoms with Crippen molar-refractivity contribution in [3.05, 3.63) is 89.0 Å². The molecule has 3 aromatic carbocycles. The van der Waals surface area contributed by atoms with Gasteiger partial charge in [-0.2, -0.15) is 13.2 Å². The van der Waals surface area contributed by atoms with Crippen LogP contribution in [-0.4, -0.2) is 36.6 Å². The summed E-state index contributed by atoms with van der Waals surface area (Å²) in [6.07, 6.45) is -3.06. The Labute approximate surface area is 204 Å². The number of hydrogen-bond donors (Lipinski definition) is 1. The van der Waals surface area contributed by atoms with Crippen molar-refractivity contribution < 1.29 is 32.2 Å². The Hall–Kier alpha value is -4.27. The maximum Gasteiger partial charge on any atom is 0.420 e. The van der Waals surface area contributed by atoms with Crippen molar-refractivity contribution >= 4 is 29.3 Å². The molecule has 2 amide bonds. The molecule has 0 radical (unpaired) electrons. The highest BCUT2D eigenvalue weighted by atomic mass is 19.4. The number of carbonyl (C=O) groups excluding carboxylic acids is 2. The highest BCUT2D eigenvalue weighted by molar-refractivity contribution is 6.34. The maximum absolute atomic E-state index is 13.9. The van der Waals surface area contributed by atoms with Crippen LogP contribution >= 0.6 is 0 Å². The molecule has 0 saturated carbocycles. The number of hydrogen-bond acceptors (Lipinski definition) is 4. The number of fused-ring (bicyclic) bond motifs is 1. The first kappa shape index (κ1) is 23.5. The van der Waals surface area contributed by atoms with Gasteiger partial charge in [-0.05, 0) is 54.0 Å². The number of benzene rings is 3. The van der Waals surface area contributed by atoms with E-state index in [0.717, 1.165) is 11.6 Å². The Morgan fingerprint density at radius 3 is 2.53 bits per heavy atom. The normalized spacial score (nSPS) is 18.3. The highest BCUT2D eigenvalue weighted by Gasteiger charge is 2.35. The number of ether oxygens (including phenoxy) is 2. The zero-order chi connectivity index (χ0) is 25.4. The summed E-state index contributed by atoms with van der Waals surface area (Å²) in [6, 6.07) is 17.3. The summed E-state index contributed by atoms with van der Waals surface area (Å²) in [5.41, 5.74) is 1.72. The number of halogens is 3. The summed E-state index contributed by atoms with van der Waals surface area (Å²) < 4.78 is 52.3. The fourth-order valence-corrected chi connectivity index (χ4v) is 4.22. The molecule has 9 heteroatoms. The fourth-order valence-electron chi connectivity index (χ4n) is 4.22. The molecule has 5 rings (SSSR count). The fraction of sp³-hybridized carbons (Fsp3) is 0.185. The van der Waals surface area contributed by atoms with E-state index in [4.69, 9.17) is 9.47 Å². The van der Waals surface area contributed by atoms with Gasteiger partial charge in [-0.15, -0.1) is 0 Å². The lowest BCUT2D eigenvalue weighted by atomic mass is 10.0. The maximum atomic E-state index is 13.9. The largest absolute Gasteiger partial charge is 0.457 e. The molecule has 0 aromatic heterocycles. The average molecular weight is 494 g/mol. The summed E-state index contributed by atoms with van der Waals surface area (Å²) in [5, 5.41) is 2.71. The number of rotatable bonds is 5. The van der Waals surface area contributed by atoms with E-state index in [1.165, 1.54) is 23.1 Å². The number of amides is 2. The van der Waals surface area contributed by atoms with E-state index in [2.05, 4.69) is 5.32 Å². The van der Waals surface area contributed by atoms with E-state index in [9.17, 15) is 22.8 Å². The third-order valence-electron chi connectivity index (χ3n) is 6.19. The van der Waals surface area contributed by atoms with Crippen LogP contribution in [0.4, 0.5) is 23.7 Å². The van der Waals surface area contributed by atoms with E-state index in [1.54, 1.807) is 55.6 Å². The molecular weight excluding hydrogens is 473 g/mol. The summed E-state index contributed by atoms with van der Waals surface area (Å²) >= 11 is 0. The van der Waals surface area contributed by atoms with Crippen LogP contribution in [0.25, 0.3) is 11.6 Å². The third-order valence-corrected chi connectivity index (χ3v) is 6.19. The molecule has 6 nitrogen and oxygen atoms in total.